The molecule has 1 saturated carbocycles. The maximum atomic E-state index is 14.0. The van der Waals surface area contributed by atoms with Crippen molar-refractivity contribution < 1.29 is 19.1 Å². The lowest BCUT2D eigenvalue weighted by atomic mass is 10.1. The standard InChI is InChI=1S/C17H21FN2O3/c18-14-6-5-12(20-8-1-2-16(20)22)10-13(14)17(23)19-15(7-9-21)11-3-4-11/h5-6,10-11,15,21H,1-4,7-9H2,(H,19,23). The van der Waals surface area contributed by atoms with Crippen molar-refractivity contribution in [1.29, 1.82) is 0 Å². The van der Waals surface area contributed by atoms with E-state index < -0.39 is 11.7 Å². The Morgan fingerprint density at radius 3 is 2.83 bits per heavy atom. The van der Waals surface area contributed by atoms with Crippen LogP contribution in [-0.2, 0) is 4.79 Å². The summed E-state index contributed by atoms with van der Waals surface area (Å²) in [4.78, 5) is 25.8. The molecular weight excluding hydrogens is 299 g/mol. The van der Waals surface area contributed by atoms with E-state index in [1.165, 1.54) is 18.2 Å². The van der Waals surface area contributed by atoms with E-state index >= 15 is 0 Å². The summed E-state index contributed by atoms with van der Waals surface area (Å²) in [7, 11) is 0. The van der Waals surface area contributed by atoms with Crippen LogP contribution < -0.4 is 10.2 Å². The van der Waals surface area contributed by atoms with E-state index in [9.17, 15) is 14.0 Å². The third kappa shape index (κ3) is 3.52. The Labute approximate surface area is 134 Å². The number of benzene rings is 1. The van der Waals surface area contributed by atoms with Crippen molar-refractivity contribution in [3.05, 3.63) is 29.6 Å². The number of hydrogen-bond donors (Lipinski definition) is 2. The zero-order chi connectivity index (χ0) is 16.4. The van der Waals surface area contributed by atoms with Crippen LogP contribution in [0.5, 0.6) is 0 Å². The van der Waals surface area contributed by atoms with Gasteiger partial charge in [0.1, 0.15) is 5.82 Å². The summed E-state index contributed by atoms with van der Waals surface area (Å²) in [5.74, 6) is -0.714. The van der Waals surface area contributed by atoms with Gasteiger partial charge in [0.25, 0.3) is 5.91 Å². The van der Waals surface area contributed by atoms with Crippen LogP contribution in [0.3, 0.4) is 0 Å². The summed E-state index contributed by atoms with van der Waals surface area (Å²) in [6, 6.07) is 4.08. The van der Waals surface area contributed by atoms with Gasteiger partial charge >= 0.3 is 0 Å². The lowest BCUT2D eigenvalue weighted by Crippen LogP contribution is -2.37. The summed E-state index contributed by atoms with van der Waals surface area (Å²) in [6.45, 7) is 0.590. The smallest absolute Gasteiger partial charge is 0.254 e. The fourth-order valence-corrected chi connectivity index (χ4v) is 3.09. The molecule has 1 unspecified atom stereocenters. The van der Waals surface area contributed by atoms with Gasteiger partial charge in [-0.05, 0) is 49.8 Å². The highest BCUT2D eigenvalue weighted by molar-refractivity contribution is 5.99. The predicted octanol–water partition coefficient (Wildman–Crippen LogP) is 1.84. The second-order valence-electron chi connectivity index (χ2n) is 6.24. The minimum atomic E-state index is -0.601. The molecular formula is C17H21FN2O3. The highest BCUT2D eigenvalue weighted by atomic mass is 19.1. The van der Waals surface area contributed by atoms with Gasteiger partial charge in [-0.15, -0.1) is 0 Å². The second kappa shape index (κ2) is 6.66. The summed E-state index contributed by atoms with van der Waals surface area (Å²) in [5.41, 5.74) is 0.509. The maximum absolute atomic E-state index is 14.0. The Kier molecular flexibility index (Phi) is 4.61. The van der Waals surface area contributed by atoms with E-state index in [1.54, 1.807) is 4.90 Å². The number of nitrogens with zero attached hydrogens (tertiary/aromatic N) is 1. The number of aliphatic hydroxyl groups excluding tert-OH is 1. The van der Waals surface area contributed by atoms with Gasteiger partial charge in [-0.25, -0.2) is 4.39 Å². The van der Waals surface area contributed by atoms with Gasteiger partial charge in [-0.3, -0.25) is 9.59 Å². The first-order valence-electron chi connectivity index (χ1n) is 8.12. The van der Waals surface area contributed by atoms with E-state index in [2.05, 4.69) is 5.32 Å². The molecule has 1 aliphatic heterocycles. The summed E-state index contributed by atoms with van der Waals surface area (Å²) >= 11 is 0. The summed E-state index contributed by atoms with van der Waals surface area (Å²) in [6.07, 6.45) is 3.78. The normalized spacial score (nSPS) is 19.0. The Morgan fingerprint density at radius 1 is 1.43 bits per heavy atom. The summed E-state index contributed by atoms with van der Waals surface area (Å²) < 4.78 is 14.0. The van der Waals surface area contributed by atoms with Gasteiger partial charge in [0, 0.05) is 31.3 Å². The van der Waals surface area contributed by atoms with Crippen molar-refractivity contribution >= 4 is 17.5 Å². The van der Waals surface area contributed by atoms with Crippen LogP contribution in [0, 0.1) is 11.7 Å². The topological polar surface area (TPSA) is 69.6 Å². The lowest BCUT2D eigenvalue weighted by molar-refractivity contribution is -0.117. The molecule has 1 saturated heterocycles. The van der Waals surface area contributed by atoms with Crippen molar-refractivity contribution in [3.8, 4) is 0 Å². The van der Waals surface area contributed by atoms with Crippen LogP contribution in [0.1, 0.15) is 42.5 Å². The molecule has 3 rings (SSSR count). The molecule has 2 aliphatic rings. The number of rotatable bonds is 6. The molecule has 5 nitrogen and oxygen atoms in total. The number of nitrogens with one attached hydrogen (secondary N) is 1. The zero-order valence-electron chi connectivity index (χ0n) is 12.9. The highest BCUT2D eigenvalue weighted by Gasteiger charge is 2.32. The van der Waals surface area contributed by atoms with Gasteiger partial charge in [-0.2, -0.15) is 0 Å². The average Bonchev–Trinajstić information content (AvgIpc) is 3.29. The first kappa shape index (κ1) is 15.9. The van der Waals surface area contributed by atoms with Crippen molar-refractivity contribution in [2.75, 3.05) is 18.1 Å². The van der Waals surface area contributed by atoms with Crippen molar-refractivity contribution in [2.45, 2.75) is 38.1 Å². The monoisotopic (exact) mass is 320 g/mol. The molecule has 2 amide bonds. The molecule has 1 aromatic carbocycles. The molecule has 2 fully saturated rings. The highest BCUT2D eigenvalue weighted by Crippen LogP contribution is 2.34. The Morgan fingerprint density at radius 2 is 2.22 bits per heavy atom. The minimum absolute atomic E-state index is 0.000830. The lowest BCUT2D eigenvalue weighted by Gasteiger charge is -2.19. The van der Waals surface area contributed by atoms with Gasteiger partial charge in [0.2, 0.25) is 5.91 Å². The molecule has 1 heterocycles. The van der Waals surface area contributed by atoms with Crippen LogP contribution in [-0.4, -0.2) is 36.1 Å². The Bertz CT molecular complexity index is 616. The zero-order valence-corrected chi connectivity index (χ0v) is 12.9. The molecule has 0 aromatic heterocycles. The number of amides is 2. The maximum Gasteiger partial charge on any atom is 0.254 e. The third-order valence-corrected chi connectivity index (χ3v) is 4.53. The molecule has 1 atom stereocenters. The molecule has 1 aromatic rings. The number of halogens is 1. The fourth-order valence-electron chi connectivity index (χ4n) is 3.09. The second-order valence-corrected chi connectivity index (χ2v) is 6.24. The number of carbonyl (C=O) groups excluding carboxylic acids is 2. The van der Waals surface area contributed by atoms with Crippen molar-refractivity contribution in [3.63, 3.8) is 0 Å². The van der Waals surface area contributed by atoms with Crippen LogP contribution in [0.2, 0.25) is 0 Å². The van der Waals surface area contributed by atoms with Crippen molar-refractivity contribution in [1.82, 2.24) is 5.32 Å². The molecule has 0 bridgehead atoms. The van der Waals surface area contributed by atoms with E-state index in [0.29, 0.717) is 31.0 Å². The number of aliphatic hydroxyl groups is 1. The SMILES string of the molecule is O=C(NC(CCO)C1CC1)c1cc(N2CCCC2=O)ccc1F. The molecule has 124 valence electrons. The van der Waals surface area contributed by atoms with Gasteiger partial charge < -0.3 is 15.3 Å². The summed E-state index contributed by atoms with van der Waals surface area (Å²) in [5, 5.41) is 11.9. The fraction of sp³-hybridized carbons (Fsp3) is 0.529. The quantitative estimate of drug-likeness (QED) is 0.840. The van der Waals surface area contributed by atoms with Crippen LogP contribution in [0.15, 0.2) is 18.2 Å². The van der Waals surface area contributed by atoms with E-state index in [1.807, 2.05) is 0 Å². The van der Waals surface area contributed by atoms with E-state index in [0.717, 1.165) is 19.3 Å². The van der Waals surface area contributed by atoms with Gasteiger partial charge in [-0.1, -0.05) is 0 Å². The first-order valence-corrected chi connectivity index (χ1v) is 8.12. The molecule has 2 N–H and O–H groups in total. The van der Waals surface area contributed by atoms with E-state index in [4.69, 9.17) is 5.11 Å². The van der Waals surface area contributed by atoms with Crippen LogP contribution in [0.25, 0.3) is 0 Å². The number of anilines is 1. The molecule has 1 aliphatic carbocycles. The number of hydrogen-bond acceptors (Lipinski definition) is 3. The average molecular weight is 320 g/mol. The molecule has 6 heteroatoms. The van der Waals surface area contributed by atoms with Gasteiger partial charge in [0.05, 0.1) is 5.56 Å². The van der Waals surface area contributed by atoms with Crippen molar-refractivity contribution in [2.24, 2.45) is 5.92 Å². The van der Waals surface area contributed by atoms with Gasteiger partial charge in [0.15, 0.2) is 0 Å². The molecule has 0 spiro atoms. The molecule has 0 radical (unpaired) electrons. The minimum Gasteiger partial charge on any atom is -0.396 e. The third-order valence-electron chi connectivity index (χ3n) is 4.53. The molecule has 23 heavy (non-hydrogen) atoms. The Balaban J connectivity index is 1.77. The van der Waals surface area contributed by atoms with E-state index in [-0.39, 0.29) is 24.1 Å². The largest absolute Gasteiger partial charge is 0.396 e. The van der Waals surface area contributed by atoms with Crippen LogP contribution in [0.4, 0.5) is 10.1 Å². The predicted molar refractivity (Wildman–Crippen MR) is 83.7 cm³/mol. The Hall–Kier alpha value is -1.95. The first-order chi connectivity index (χ1) is 11.1. The van der Waals surface area contributed by atoms with Crippen LogP contribution >= 0.6 is 0 Å². The number of carbonyl (C=O) groups is 2.